The molecule has 140 valence electrons. The van der Waals surface area contributed by atoms with Crippen LogP contribution in [0.5, 0.6) is 0 Å². The van der Waals surface area contributed by atoms with Gasteiger partial charge in [0, 0.05) is 19.8 Å². The van der Waals surface area contributed by atoms with Crippen molar-refractivity contribution < 1.29 is 9.47 Å². The Morgan fingerprint density at radius 1 is 0.783 bits per heavy atom. The van der Waals surface area contributed by atoms with Gasteiger partial charge in [0.2, 0.25) is 0 Å². The molecule has 0 saturated heterocycles. The highest BCUT2D eigenvalue weighted by Gasteiger charge is 2.33. The van der Waals surface area contributed by atoms with Crippen molar-refractivity contribution in [1.82, 2.24) is 0 Å². The van der Waals surface area contributed by atoms with E-state index in [1.807, 2.05) is 0 Å². The molecule has 2 heteroatoms. The predicted molar refractivity (Wildman–Crippen MR) is 102 cm³/mol. The third-order valence-corrected chi connectivity index (χ3v) is 5.01. The van der Waals surface area contributed by atoms with E-state index in [0.717, 1.165) is 38.6 Å². The van der Waals surface area contributed by atoms with Crippen LogP contribution in [0.25, 0.3) is 0 Å². The molecule has 0 N–H and O–H groups in total. The molecule has 23 heavy (non-hydrogen) atoms. The second-order valence-corrected chi connectivity index (χ2v) is 7.58. The van der Waals surface area contributed by atoms with E-state index < -0.39 is 0 Å². The van der Waals surface area contributed by atoms with E-state index in [2.05, 4.69) is 41.5 Å². The van der Waals surface area contributed by atoms with E-state index in [-0.39, 0.29) is 5.60 Å². The maximum atomic E-state index is 6.09. The van der Waals surface area contributed by atoms with Gasteiger partial charge in [0.15, 0.2) is 0 Å². The summed E-state index contributed by atoms with van der Waals surface area (Å²) < 4.78 is 11.8. The second-order valence-electron chi connectivity index (χ2n) is 7.58. The zero-order valence-electron chi connectivity index (χ0n) is 17.0. The zero-order valence-corrected chi connectivity index (χ0v) is 17.0. The van der Waals surface area contributed by atoms with E-state index in [0.29, 0.717) is 5.92 Å². The van der Waals surface area contributed by atoms with Crippen LogP contribution in [0.4, 0.5) is 0 Å². The van der Waals surface area contributed by atoms with Gasteiger partial charge in [-0.05, 0) is 51.9 Å². The first kappa shape index (κ1) is 22.9. The molecule has 0 aromatic carbocycles. The van der Waals surface area contributed by atoms with Gasteiger partial charge in [-0.15, -0.1) is 0 Å². The van der Waals surface area contributed by atoms with Crippen LogP contribution in [0, 0.1) is 11.8 Å². The quantitative estimate of drug-likeness (QED) is 0.296. The first-order valence-electron chi connectivity index (χ1n) is 10.2. The molecule has 0 spiro atoms. The minimum absolute atomic E-state index is 0.0255. The van der Waals surface area contributed by atoms with Gasteiger partial charge >= 0.3 is 0 Å². The van der Waals surface area contributed by atoms with Crippen molar-refractivity contribution >= 4 is 0 Å². The van der Waals surface area contributed by atoms with Gasteiger partial charge in [0.05, 0.1) is 5.60 Å². The number of hydrogen-bond donors (Lipinski definition) is 0. The van der Waals surface area contributed by atoms with Gasteiger partial charge < -0.3 is 9.47 Å². The fourth-order valence-electron chi connectivity index (χ4n) is 3.72. The number of unbranched alkanes of at least 4 members (excludes halogenated alkanes) is 4. The van der Waals surface area contributed by atoms with Crippen LogP contribution in [0.1, 0.15) is 99.3 Å². The molecule has 0 bridgehead atoms. The van der Waals surface area contributed by atoms with Crippen molar-refractivity contribution in [1.29, 1.82) is 0 Å². The smallest absolute Gasteiger partial charge is 0.0656 e. The van der Waals surface area contributed by atoms with Crippen LogP contribution < -0.4 is 0 Å². The van der Waals surface area contributed by atoms with Gasteiger partial charge in [-0.1, -0.05) is 59.3 Å². The summed E-state index contributed by atoms with van der Waals surface area (Å²) in [5, 5.41) is 0. The minimum atomic E-state index is -0.0255. The van der Waals surface area contributed by atoms with Gasteiger partial charge in [0.1, 0.15) is 0 Å². The lowest BCUT2D eigenvalue weighted by Gasteiger charge is -2.38. The predicted octanol–water partition coefficient (Wildman–Crippen LogP) is 6.62. The lowest BCUT2D eigenvalue weighted by molar-refractivity contribution is -0.0761. The van der Waals surface area contributed by atoms with Crippen LogP contribution in [-0.2, 0) is 9.47 Å². The largest absolute Gasteiger partial charge is 0.381 e. The normalized spacial score (nSPS) is 14.9. The molecule has 0 aliphatic rings. The minimum Gasteiger partial charge on any atom is -0.381 e. The molecule has 0 fully saturated rings. The summed E-state index contributed by atoms with van der Waals surface area (Å²) in [4.78, 5) is 0. The molecule has 0 heterocycles. The van der Waals surface area contributed by atoms with E-state index in [1.54, 1.807) is 0 Å². The molecular weight excluding hydrogens is 284 g/mol. The van der Waals surface area contributed by atoms with Crippen LogP contribution in [-0.4, -0.2) is 25.4 Å². The molecule has 2 atom stereocenters. The Morgan fingerprint density at radius 3 is 2.09 bits per heavy atom. The monoisotopic (exact) mass is 328 g/mol. The molecular formula is C21H44O2. The van der Waals surface area contributed by atoms with Crippen molar-refractivity contribution in [2.45, 2.75) is 105 Å². The van der Waals surface area contributed by atoms with Gasteiger partial charge in [0.25, 0.3) is 0 Å². The fourth-order valence-corrected chi connectivity index (χ4v) is 3.72. The van der Waals surface area contributed by atoms with Crippen molar-refractivity contribution in [2.75, 3.05) is 19.8 Å². The third kappa shape index (κ3) is 11.2. The molecule has 0 saturated carbocycles. The van der Waals surface area contributed by atoms with Gasteiger partial charge in [-0.25, -0.2) is 0 Å². The molecule has 0 radical (unpaired) electrons. The summed E-state index contributed by atoms with van der Waals surface area (Å²) in [6.45, 7) is 16.1. The molecule has 0 aliphatic carbocycles. The lowest BCUT2D eigenvalue weighted by Crippen LogP contribution is -2.38. The standard InChI is InChI=1S/C21H44O2/c1-7-10-11-12-13-15-19(4)20(21(5,6)23-9-3)16-14-18-22-17-8-2/h19-20H,7-18H2,1-6H3. The van der Waals surface area contributed by atoms with Crippen LogP contribution in [0.3, 0.4) is 0 Å². The molecule has 2 unspecified atom stereocenters. The molecule has 0 rings (SSSR count). The highest BCUT2D eigenvalue weighted by molar-refractivity contribution is 4.83. The van der Waals surface area contributed by atoms with Crippen molar-refractivity contribution in [2.24, 2.45) is 11.8 Å². The van der Waals surface area contributed by atoms with Crippen molar-refractivity contribution in [3.8, 4) is 0 Å². The summed E-state index contributed by atoms with van der Waals surface area (Å²) in [6, 6.07) is 0. The van der Waals surface area contributed by atoms with E-state index in [9.17, 15) is 0 Å². The van der Waals surface area contributed by atoms with E-state index >= 15 is 0 Å². The Morgan fingerprint density at radius 2 is 1.48 bits per heavy atom. The maximum absolute atomic E-state index is 6.09. The molecule has 0 aliphatic heterocycles. The SMILES string of the molecule is CCCCCCCC(C)C(CCCOCCC)C(C)(C)OCC. The Balaban J connectivity index is 4.33. The average Bonchev–Trinajstić information content (AvgIpc) is 2.50. The molecule has 0 amide bonds. The molecule has 2 nitrogen and oxygen atoms in total. The zero-order chi connectivity index (χ0) is 17.6. The summed E-state index contributed by atoms with van der Waals surface area (Å²) in [6.07, 6.45) is 11.7. The number of hydrogen-bond acceptors (Lipinski definition) is 2. The number of ether oxygens (including phenoxy) is 2. The molecule has 0 aromatic rings. The van der Waals surface area contributed by atoms with Gasteiger partial charge in [-0.2, -0.15) is 0 Å². The second kappa shape index (κ2) is 14.3. The van der Waals surface area contributed by atoms with Crippen LogP contribution in [0.15, 0.2) is 0 Å². The third-order valence-electron chi connectivity index (χ3n) is 5.01. The van der Waals surface area contributed by atoms with Gasteiger partial charge in [-0.3, -0.25) is 0 Å². The summed E-state index contributed by atoms with van der Waals surface area (Å²) in [7, 11) is 0. The Kier molecular flexibility index (Phi) is 14.2. The highest BCUT2D eigenvalue weighted by Crippen LogP contribution is 2.35. The Bertz CT molecular complexity index is 250. The molecule has 0 aromatic heterocycles. The van der Waals surface area contributed by atoms with Crippen LogP contribution >= 0.6 is 0 Å². The topological polar surface area (TPSA) is 18.5 Å². The maximum Gasteiger partial charge on any atom is 0.0656 e. The fraction of sp³-hybridized carbons (Fsp3) is 1.00. The first-order valence-corrected chi connectivity index (χ1v) is 10.2. The summed E-state index contributed by atoms with van der Waals surface area (Å²) in [5.41, 5.74) is -0.0255. The van der Waals surface area contributed by atoms with E-state index in [1.165, 1.54) is 44.9 Å². The average molecular weight is 329 g/mol. The highest BCUT2D eigenvalue weighted by atomic mass is 16.5. The number of rotatable bonds is 16. The van der Waals surface area contributed by atoms with Crippen molar-refractivity contribution in [3.05, 3.63) is 0 Å². The first-order chi connectivity index (χ1) is 11.0. The van der Waals surface area contributed by atoms with E-state index in [4.69, 9.17) is 9.47 Å². The Labute approximate surface area is 146 Å². The Hall–Kier alpha value is -0.0800. The van der Waals surface area contributed by atoms with Crippen molar-refractivity contribution in [3.63, 3.8) is 0 Å². The van der Waals surface area contributed by atoms with Crippen LogP contribution in [0.2, 0.25) is 0 Å². The summed E-state index contributed by atoms with van der Waals surface area (Å²) in [5.74, 6) is 1.35. The lowest BCUT2D eigenvalue weighted by atomic mass is 9.76. The summed E-state index contributed by atoms with van der Waals surface area (Å²) >= 11 is 0.